The summed E-state index contributed by atoms with van der Waals surface area (Å²) in [6, 6.07) is 3.69. The molecule has 0 spiro atoms. The first-order valence-corrected chi connectivity index (χ1v) is 4.33. The van der Waals surface area contributed by atoms with E-state index in [1.54, 1.807) is 0 Å². The SMILES string of the molecule is CN1CCC1c1cc(F)ccc1F. The Morgan fingerprint density at radius 2 is 2.15 bits per heavy atom. The van der Waals surface area contributed by atoms with E-state index in [1.807, 2.05) is 11.9 Å². The normalized spacial score (nSPS) is 22.8. The highest BCUT2D eigenvalue weighted by molar-refractivity contribution is 5.23. The molecule has 0 aromatic heterocycles. The van der Waals surface area contributed by atoms with E-state index in [2.05, 4.69) is 0 Å². The van der Waals surface area contributed by atoms with Crippen molar-refractivity contribution in [1.29, 1.82) is 0 Å². The van der Waals surface area contributed by atoms with E-state index in [1.165, 1.54) is 12.1 Å². The summed E-state index contributed by atoms with van der Waals surface area (Å²) in [5.74, 6) is -0.672. The summed E-state index contributed by atoms with van der Waals surface area (Å²) in [4.78, 5) is 2.01. The van der Waals surface area contributed by atoms with Gasteiger partial charge < -0.3 is 0 Å². The van der Waals surface area contributed by atoms with Crippen molar-refractivity contribution in [1.82, 2.24) is 4.90 Å². The van der Waals surface area contributed by atoms with Gasteiger partial charge in [-0.15, -0.1) is 0 Å². The van der Waals surface area contributed by atoms with Crippen LogP contribution in [0.2, 0.25) is 0 Å². The first-order chi connectivity index (χ1) is 6.18. The molecule has 1 saturated heterocycles. The van der Waals surface area contributed by atoms with Crippen LogP contribution in [0, 0.1) is 11.6 Å². The van der Waals surface area contributed by atoms with E-state index in [0.29, 0.717) is 5.56 Å². The summed E-state index contributed by atoms with van der Waals surface area (Å²) in [5, 5.41) is 0. The second kappa shape index (κ2) is 3.07. The monoisotopic (exact) mass is 183 g/mol. The molecule has 13 heavy (non-hydrogen) atoms. The largest absolute Gasteiger partial charge is 0.299 e. The molecule has 0 N–H and O–H groups in total. The maximum atomic E-state index is 13.2. The summed E-state index contributed by atoms with van der Waals surface area (Å²) >= 11 is 0. The van der Waals surface area contributed by atoms with Crippen LogP contribution < -0.4 is 0 Å². The second-order valence-electron chi connectivity index (χ2n) is 3.45. The van der Waals surface area contributed by atoms with Crippen molar-refractivity contribution in [3.05, 3.63) is 35.4 Å². The molecular formula is C10H11F2N. The van der Waals surface area contributed by atoms with Crippen LogP contribution in [0.5, 0.6) is 0 Å². The van der Waals surface area contributed by atoms with Crippen molar-refractivity contribution in [3.63, 3.8) is 0 Å². The number of rotatable bonds is 1. The average Bonchev–Trinajstić information content (AvgIpc) is 2.09. The third-order valence-electron chi connectivity index (χ3n) is 2.60. The van der Waals surface area contributed by atoms with Crippen molar-refractivity contribution < 1.29 is 8.78 Å². The van der Waals surface area contributed by atoms with Crippen LogP contribution in [0.4, 0.5) is 8.78 Å². The lowest BCUT2D eigenvalue weighted by atomic mass is 9.95. The second-order valence-corrected chi connectivity index (χ2v) is 3.45. The number of benzene rings is 1. The molecule has 1 atom stereocenters. The summed E-state index contributed by atoms with van der Waals surface area (Å²) in [6.45, 7) is 0.959. The van der Waals surface area contributed by atoms with Gasteiger partial charge in [0.05, 0.1) is 0 Å². The molecule has 1 heterocycles. The fourth-order valence-corrected chi connectivity index (χ4v) is 1.68. The smallest absolute Gasteiger partial charge is 0.128 e. The van der Waals surface area contributed by atoms with Gasteiger partial charge in [0, 0.05) is 18.2 Å². The molecule has 0 aliphatic carbocycles. The highest BCUT2D eigenvalue weighted by Crippen LogP contribution is 2.33. The zero-order valence-electron chi connectivity index (χ0n) is 7.43. The Morgan fingerprint density at radius 3 is 2.69 bits per heavy atom. The molecule has 2 rings (SSSR count). The molecule has 1 unspecified atom stereocenters. The van der Waals surface area contributed by atoms with Gasteiger partial charge in [-0.05, 0) is 31.7 Å². The van der Waals surface area contributed by atoms with Crippen molar-refractivity contribution in [2.24, 2.45) is 0 Å². The standard InChI is InChI=1S/C10H11F2N/c1-13-5-4-10(13)8-6-7(11)2-3-9(8)12/h2-3,6,10H,4-5H2,1H3. The Bertz CT molecular complexity index is 325. The molecule has 0 radical (unpaired) electrons. The third-order valence-corrected chi connectivity index (χ3v) is 2.60. The van der Waals surface area contributed by atoms with Crippen molar-refractivity contribution in [2.75, 3.05) is 13.6 Å². The van der Waals surface area contributed by atoms with Gasteiger partial charge in [0.1, 0.15) is 11.6 Å². The van der Waals surface area contributed by atoms with Gasteiger partial charge in [0.2, 0.25) is 0 Å². The van der Waals surface area contributed by atoms with Crippen molar-refractivity contribution in [2.45, 2.75) is 12.5 Å². The van der Waals surface area contributed by atoms with Gasteiger partial charge in [-0.3, -0.25) is 4.90 Å². The maximum absolute atomic E-state index is 13.2. The minimum atomic E-state index is -0.364. The highest BCUT2D eigenvalue weighted by atomic mass is 19.1. The molecule has 1 aliphatic rings. The number of halogens is 2. The fourth-order valence-electron chi connectivity index (χ4n) is 1.68. The van der Waals surface area contributed by atoms with E-state index in [4.69, 9.17) is 0 Å². The molecule has 1 fully saturated rings. The minimum absolute atomic E-state index is 0.0655. The minimum Gasteiger partial charge on any atom is -0.299 e. The van der Waals surface area contributed by atoms with E-state index < -0.39 is 0 Å². The Labute approximate surface area is 76.0 Å². The predicted molar refractivity (Wildman–Crippen MR) is 46.3 cm³/mol. The molecule has 1 aliphatic heterocycles. The first-order valence-electron chi connectivity index (χ1n) is 4.33. The lowest BCUT2D eigenvalue weighted by molar-refractivity contribution is 0.124. The summed E-state index contributed by atoms with van der Waals surface area (Å²) in [5.41, 5.74) is 0.480. The lowest BCUT2D eigenvalue weighted by Crippen LogP contribution is -2.37. The number of likely N-dealkylation sites (tertiary alicyclic amines) is 1. The molecular weight excluding hydrogens is 172 g/mol. The fraction of sp³-hybridized carbons (Fsp3) is 0.400. The molecule has 1 aromatic carbocycles. The Hall–Kier alpha value is -0.960. The number of hydrogen-bond donors (Lipinski definition) is 0. The molecule has 1 aromatic rings. The lowest BCUT2D eigenvalue weighted by Gasteiger charge is -2.38. The van der Waals surface area contributed by atoms with Gasteiger partial charge in [0.15, 0.2) is 0 Å². The third kappa shape index (κ3) is 1.44. The van der Waals surface area contributed by atoms with Crippen LogP contribution in [0.1, 0.15) is 18.0 Å². The van der Waals surface area contributed by atoms with Gasteiger partial charge in [-0.25, -0.2) is 8.78 Å². The van der Waals surface area contributed by atoms with Crippen LogP contribution in [-0.2, 0) is 0 Å². The molecule has 70 valence electrons. The van der Waals surface area contributed by atoms with Crippen molar-refractivity contribution >= 4 is 0 Å². The molecule has 0 saturated carbocycles. The summed E-state index contributed by atoms with van der Waals surface area (Å²) < 4.78 is 26.0. The zero-order valence-corrected chi connectivity index (χ0v) is 7.43. The zero-order chi connectivity index (χ0) is 9.42. The van der Waals surface area contributed by atoms with Gasteiger partial charge in [0.25, 0.3) is 0 Å². The Kier molecular flexibility index (Phi) is 2.04. The Balaban J connectivity index is 2.33. The summed E-state index contributed by atoms with van der Waals surface area (Å²) in [7, 11) is 1.92. The van der Waals surface area contributed by atoms with Gasteiger partial charge >= 0.3 is 0 Å². The molecule has 1 nitrogen and oxygen atoms in total. The molecule has 3 heteroatoms. The Morgan fingerprint density at radius 1 is 1.38 bits per heavy atom. The van der Waals surface area contributed by atoms with Crippen LogP contribution >= 0.6 is 0 Å². The van der Waals surface area contributed by atoms with E-state index in [-0.39, 0.29) is 17.7 Å². The quantitative estimate of drug-likeness (QED) is 0.646. The number of hydrogen-bond acceptors (Lipinski definition) is 1. The summed E-state index contributed by atoms with van der Waals surface area (Å²) in [6.07, 6.45) is 0.914. The number of nitrogens with zero attached hydrogens (tertiary/aromatic N) is 1. The first kappa shape index (κ1) is 8.63. The van der Waals surface area contributed by atoms with E-state index in [9.17, 15) is 8.78 Å². The predicted octanol–water partition coefficient (Wildman–Crippen LogP) is 2.34. The van der Waals surface area contributed by atoms with E-state index in [0.717, 1.165) is 19.0 Å². The molecule has 0 bridgehead atoms. The van der Waals surface area contributed by atoms with Crippen LogP contribution in [0.3, 0.4) is 0 Å². The van der Waals surface area contributed by atoms with Crippen LogP contribution in [-0.4, -0.2) is 18.5 Å². The topological polar surface area (TPSA) is 3.24 Å². The van der Waals surface area contributed by atoms with Gasteiger partial charge in [-0.2, -0.15) is 0 Å². The van der Waals surface area contributed by atoms with Crippen molar-refractivity contribution in [3.8, 4) is 0 Å². The average molecular weight is 183 g/mol. The van der Waals surface area contributed by atoms with Crippen LogP contribution in [0.15, 0.2) is 18.2 Å². The van der Waals surface area contributed by atoms with E-state index >= 15 is 0 Å². The molecule has 0 amide bonds. The maximum Gasteiger partial charge on any atom is 0.128 e. The highest BCUT2D eigenvalue weighted by Gasteiger charge is 2.28. The van der Waals surface area contributed by atoms with Gasteiger partial charge in [-0.1, -0.05) is 0 Å². The van der Waals surface area contributed by atoms with Crippen LogP contribution in [0.25, 0.3) is 0 Å².